The van der Waals surface area contributed by atoms with Crippen molar-refractivity contribution in [1.82, 2.24) is 0 Å². The van der Waals surface area contributed by atoms with Gasteiger partial charge in [0.1, 0.15) is 6.10 Å². The molecule has 0 aromatic rings. The van der Waals surface area contributed by atoms with Gasteiger partial charge in [-0.1, -0.05) is 0 Å². The Hall–Kier alpha value is -0.0800. The second-order valence-electron chi connectivity index (χ2n) is 2.67. The Bertz CT molecular complexity index is 88.5. The molecule has 1 aliphatic heterocycles. The third kappa shape index (κ3) is 1.01. The zero-order chi connectivity index (χ0) is 6.20. The van der Waals surface area contributed by atoms with E-state index in [4.69, 9.17) is 9.47 Å². The predicted molar refractivity (Wildman–Crippen MR) is 30.8 cm³/mol. The van der Waals surface area contributed by atoms with E-state index in [0.29, 0.717) is 6.10 Å². The van der Waals surface area contributed by atoms with Gasteiger partial charge in [0.05, 0.1) is 12.2 Å². The number of hydrogen-bond acceptors (Lipinski definition) is 2. The zero-order valence-electron chi connectivity index (χ0n) is 5.60. The molecule has 1 aliphatic rings. The molecule has 1 saturated heterocycles. The SMILES string of the molecule is COCC1OC1(C)C. The van der Waals surface area contributed by atoms with Crippen LogP contribution in [-0.2, 0) is 9.47 Å². The van der Waals surface area contributed by atoms with Gasteiger partial charge in [-0.15, -0.1) is 0 Å². The fraction of sp³-hybridized carbons (Fsp3) is 1.00. The Kier molecular flexibility index (Phi) is 1.29. The summed E-state index contributed by atoms with van der Waals surface area (Å²) < 4.78 is 10.1. The highest BCUT2D eigenvalue weighted by atomic mass is 16.6. The van der Waals surface area contributed by atoms with E-state index in [2.05, 4.69) is 13.8 Å². The van der Waals surface area contributed by atoms with E-state index in [9.17, 15) is 0 Å². The quantitative estimate of drug-likeness (QED) is 0.498. The molecule has 2 nitrogen and oxygen atoms in total. The van der Waals surface area contributed by atoms with E-state index in [1.54, 1.807) is 7.11 Å². The fourth-order valence-electron chi connectivity index (χ4n) is 0.719. The molecule has 0 radical (unpaired) electrons. The number of methoxy groups -OCH3 is 1. The summed E-state index contributed by atoms with van der Waals surface area (Å²) in [6.07, 6.45) is 0.340. The van der Waals surface area contributed by atoms with Crippen LogP contribution < -0.4 is 0 Å². The number of ether oxygens (including phenoxy) is 2. The second kappa shape index (κ2) is 1.71. The van der Waals surface area contributed by atoms with Crippen LogP contribution in [0.1, 0.15) is 13.8 Å². The lowest BCUT2D eigenvalue weighted by Crippen LogP contribution is -2.07. The minimum atomic E-state index is 0.0933. The molecule has 48 valence electrons. The van der Waals surface area contributed by atoms with Crippen molar-refractivity contribution in [3.8, 4) is 0 Å². The van der Waals surface area contributed by atoms with Crippen LogP contribution in [0.15, 0.2) is 0 Å². The lowest BCUT2D eigenvalue weighted by molar-refractivity contribution is 0.171. The van der Waals surface area contributed by atoms with Crippen LogP contribution in [0.3, 0.4) is 0 Å². The highest BCUT2D eigenvalue weighted by Crippen LogP contribution is 2.34. The fourth-order valence-corrected chi connectivity index (χ4v) is 0.719. The Morgan fingerprint density at radius 1 is 1.62 bits per heavy atom. The van der Waals surface area contributed by atoms with E-state index >= 15 is 0 Å². The van der Waals surface area contributed by atoms with Crippen molar-refractivity contribution in [1.29, 1.82) is 0 Å². The molecule has 1 rings (SSSR count). The predicted octanol–water partition coefficient (Wildman–Crippen LogP) is 0.810. The smallest absolute Gasteiger partial charge is 0.110 e. The molecule has 0 bridgehead atoms. The van der Waals surface area contributed by atoms with Gasteiger partial charge in [-0.25, -0.2) is 0 Å². The van der Waals surface area contributed by atoms with Crippen LogP contribution in [0.2, 0.25) is 0 Å². The average Bonchev–Trinajstić information content (AvgIpc) is 2.15. The normalized spacial score (nSPS) is 32.6. The van der Waals surface area contributed by atoms with Crippen LogP contribution in [-0.4, -0.2) is 25.4 Å². The summed E-state index contributed by atoms with van der Waals surface area (Å²) >= 11 is 0. The summed E-state index contributed by atoms with van der Waals surface area (Å²) in [6, 6.07) is 0. The number of epoxide rings is 1. The number of rotatable bonds is 2. The highest BCUT2D eigenvalue weighted by molar-refractivity contribution is 4.94. The van der Waals surface area contributed by atoms with Gasteiger partial charge in [0.25, 0.3) is 0 Å². The first-order valence-corrected chi connectivity index (χ1v) is 2.83. The van der Waals surface area contributed by atoms with Crippen molar-refractivity contribution in [2.75, 3.05) is 13.7 Å². The van der Waals surface area contributed by atoms with E-state index in [1.165, 1.54) is 0 Å². The van der Waals surface area contributed by atoms with Crippen LogP contribution in [0.5, 0.6) is 0 Å². The molecule has 1 atom stereocenters. The van der Waals surface area contributed by atoms with Crippen molar-refractivity contribution in [3.63, 3.8) is 0 Å². The summed E-state index contributed by atoms with van der Waals surface area (Å²) in [5.74, 6) is 0. The summed E-state index contributed by atoms with van der Waals surface area (Å²) in [5.41, 5.74) is 0.0933. The topological polar surface area (TPSA) is 21.8 Å². The Morgan fingerprint density at radius 2 is 2.12 bits per heavy atom. The molecule has 1 unspecified atom stereocenters. The zero-order valence-corrected chi connectivity index (χ0v) is 5.60. The first-order chi connectivity index (χ1) is 3.67. The summed E-state index contributed by atoms with van der Waals surface area (Å²) in [6.45, 7) is 4.86. The maximum Gasteiger partial charge on any atom is 0.110 e. The van der Waals surface area contributed by atoms with E-state index in [0.717, 1.165) is 6.61 Å². The molecular weight excluding hydrogens is 104 g/mol. The minimum Gasteiger partial charge on any atom is -0.382 e. The first kappa shape index (κ1) is 6.05. The van der Waals surface area contributed by atoms with Crippen LogP contribution in [0, 0.1) is 0 Å². The largest absolute Gasteiger partial charge is 0.382 e. The molecule has 0 N–H and O–H groups in total. The first-order valence-electron chi connectivity index (χ1n) is 2.83. The van der Waals surface area contributed by atoms with Gasteiger partial charge in [-0.2, -0.15) is 0 Å². The molecule has 2 heteroatoms. The Morgan fingerprint density at radius 3 is 2.25 bits per heavy atom. The maximum atomic E-state index is 5.22. The molecule has 0 spiro atoms. The maximum absolute atomic E-state index is 5.22. The highest BCUT2D eigenvalue weighted by Gasteiger charge is 2.47. The van der Waals surface area contributed by atoms with Gasteiger partial charge in [0.2, 0.25) is 0 Å². The van der Waals surface area contributed by atoms with Gasteiger partial charge >= 0.3 is 0 Å². The van der Waals surface area contributed by atoms with Crippen molar-refractivity contribution < 1.29 is 9.47 Å². The van der Waals surface area contributed by atoms with E-state index in [-0.39, 0.29) is 5.60 Å². The third-order valence-electron chi connectivity index (χ3n) is 1.48. The van der Waals surface area contributed by atoms with E-state index < -0.39 is 0 Å². The number of hydrogen-bond donors (Lipinski definition) is 0. The summed E-state index contributed by atoms with van der Waals surface area (Å²) in [7, 11) is 1.69. The lowest BCUT2D eigenvalue weighted by Gasteiger charge is -1.92. The van der Waals surface area contributed by atoms with Crippen LogP contribution in [0.25, 0.3) is 0 Å². The molecule has 0 aromatic carbocycles. The molecule has 0 amide bonds. The van der Waals surface area contributed by atoms with Gasteiger partial charge in [-0.05, 0) is 13.8 Å². The second-order valence-corrected chi connectivity index (χ2v) is 2.67. The molecule has 0 aromatic heterocycles. The molecular formula is C6H12O2. The van der Waals surface area contributed by atoms with Crippen LogP contribution >= 0.6 is 0 Å². The molecule has 1 heterocycles. The summed E-state index contributed by atoms with van der Waals surface area (Å²) in [5, 5.41) is 0. The van der Waals surface area contributed by atoms with Crippen molar-refractivity contribution >= 4 is 0 Å². The molecule has 8 heavy (non-hydrogen) atoms. The monoisotopic (exact) mass is 116 g/mol. The average molecular weight is 116 g/mol. The standard InChI is InChI=1S/C6H12O2/c1-6(2)5(8-6)4-7-3/h5H,4H2,1-3H3. The molecule has 0 aliphatic carbocycles. The van der Waals surface area contributed by atoms with Gasteiger partial charge in [0, 0.05) is 7.11 Å². The van der Waals surface area contributed by atoms with Crippen molar-refractivity contribution in [2.45, 2.75) is 25.6 Å². The Labute approximate surface area is 49.8 Å². The third-order valence-corrected chi connectivity index (χ3v) is 1.48. The van der Waals surface area contributed by atoms with Gasteiger partial charge in [-0.3, -0.25) is 0 Å². The molecule has 1 fully saturated rings. The van der Waals surface area contributed by atoms with Gasteiger partial charge in [0.15, 0.2) is 0 Å². The van der Waals surface area contributed by atoms with Gasteiger partial charge < -0.3 is 9.47 Å². The Balaban J connectivity index is 2.17. The van der Waals surface area contributed by atoms with Crippen LogP contribution in [0.4, 0.5) is 0 Å². The lowest BCUT2D eigenvalue weighted by atomic mass is 10.1. The van der Waals surface area contributed by atoms with E-state index in [1.807, 2.05) is 0 Å². The molecule has 0 saturated carbocycles. The summed E-state index contributed by atoms with van der Waals surface area (Å²) in [4.78, 5) is 0. The van der Waals surface area contributed by atoms with Crippen molar-refractivity contribution in [2.24, 2.45) is 0 Å². The van der Waals surface area contributed by atoms with Crippen molar-refractivity contribution in [3.05, 3.63) is 0 Å². The minimum absolute atomic E-state index is 0.0933.